The second-order valence-corrected chi connectivity index (χ2v) is 7.36. The van der Waals surface area contributed by atoms with Gasteiger partial charge in [0.2, 0.25) is 0 Å². The summed E-state index contributed by atoms with van der Waals surface area (Å²) < 4.78 is 5.42. The lowest BCUT2D eigenvalue weighted by atomic mass is 10.1. The molecule has 8 heteroatoms. The lowest BCUT2D eigenvalue weighted by Crippen LogP contribution is -2.50. The minimum Gasteiger partial charge on any atom is -0.444 e. The molecule has 2 aromatic rings. The van der Waals surface area contributed by atoms with Crippen molar-refractivity contribution in [2.24, 2.45) is 0 Å². The van der Waals surface area contributed by atoms with E-state index in [9.17, 15) is 14.9 Å². The van der Waals surface area contributed by atoms with Crippen LogP contribution in [0.1, 0.15) is 20.8 Å². The van der Waals surface area contributed by atoms with Crippen molar-refractivity contribution < 1.29 is 14.5 Å². The Kier molecular flexibility index (Phi) is 6.15. The number of hydrogen-bond donors (Lipinski definition) is 0. The summed E-state index contributed by atoms with van der Waals surface area (Å²) in [6.07, 6.45) is -0.300. The lowest BCUT2D eigenvalue weighted by Gasteiger charge is -2.37. The molecule has 0 spiro atoms. The quantitative estimate of drug-likeness (QED) is 0.563. The summed E-state index contributed by atoms with van der Waals surface area (Å²) in [4.78, 5) is 27.0. The van der Waals surface area contributed by atoms with Gasteiger partial charge in [0.15, 0.2) is 0 Å². The van der Waals surface area contributed by atoms with Crippen molar-refractivity contribution in [1.82, 2.24) is 4.90 Å². The Morgan fingerprint density at radius 1 is 1.04 bits per heavy atom. The number of anilines is 1. The highest BCUT2D eigenvalue weighted by Crippen LogP contribution is 2.34. The minimum absolute atomic E-state index is 0. The van der Waals surface area contributed by atoms with Gasteiger partial charge < -0.3 is 14.5 Å². The summed E-state index contributed by atoms with van der Waals surface area (Å²) in [5.74, 6) is 0. The van der Waals surface area contributed by atoms with Gasteiger partial charge in [-0.2, -0.15) is 0 Å². The largest absolute Gasteiger partial charge is 0.444 e. The highest BCUT2D eigenvalue weighted by Gasteiger charge is 2.27. The Bertz CT molecular complexity index is 842. The molecule has 0 atom stereocenters. The summed E-state index contributed by atoms with van der Waals surface area (Å²) in [5, 5.41) is 12.8. The Morgan fingerprint density at radius 2 is 1.63 bits per heavy atom. The molecule has 0 aliphatic carbocycles. The molecule has 146 valence electrons. The first-order valence-corrected chi connectivity index (χ1v) is 8.65. The molecule has 2 aromatic carbocycles. The molecule has 0 unspecified atom stereocenters. The van der Waals surface area contributed by atoms with E-state index in [1.807, 2.05) is 32.9 Å². The van der Waals surface area contributed by atoms with Gasteiger partial charge >= 0.3 is 6.09 Å². The van der Waals surface area contributed by atoms with E-state index < -0.39 is 5.60 Å². The average molecular weight is 394 g/mol. The van der Waals surface area contributed by atoms with Crippen LogP contribution >= 0.6 is 12.4 Å². The zero-order valence-electron chi connectivity index (χ0n) is 15.7. The van der Waals surface area contributed by atoms with Gasteiger partial charge in [-0.15, -0.1) is 12.4 Å². The smallest absolute Gasteiger partial charge is 0.410 e. The van der Waals surface area contributed by atoms with Crippen LogP contribution in [0, 0.1) is 10.1 Å². The molecule has 3 rings (SSSR count). The van der Waals surface area contributed by atoms with E-state index in [0.717, 1.165) is 11.1 Å². The van der Waals surface area contributed by atoms with Gasteiger partial charge in [-0.05, 0) is 32.9 Å². The number of hydrogen-bond acceptors (Lipinski definition) is 5. The van der Waals surface area contributed by atoms with E-state index in [2.05, 4.69) is 4.90 Å². The third-order valence-electron chi connectivity index (χ3n) is 4.35. The molecule has 1 fully saturated rings. The van der Waals surface area contributed by atoms with Crippen LogP contribution in [-0.2, 0) is 4.74 Å². The molecular formula is C19H24ClN3O4. The normalized spacial score (nSPS) is 14.6. The molecular weight excluding hydrogens is 370 g/mol. The van der Waals surface area contributed by atoms with Gasteiger partial charge in [0, 0.05) is 43.3 Å². The third-order valence-corrected chi connectivity index (χ3v) is 4.35. The molecule has 7 nitrogen and oxygen atoms in total. The van der Waals surface area contributed by atoms with E-state index in [4.69, 9.17) is 4.74 Å². The zero-order chi connectivity index (χ0) is 18.9. The molecule has 1 aliphatic heterocycles. The number of nitrogens with zero attached hydrogens (tertiary/aromatic N) is 3. The Labute approximate surface area is 164 Å². The molecule has 1 saturated heterocycles. The summed E-state index contributed by atoms with van der Waals surface area (Å²) in [5.41, 5.74) is 0.551. The van der Waals surface area contributed by atoms with Gasteiger partial charge in [0.25, 0.3) is 5.69 Å². The summed E-state index contributed by atoms with van der Waals surface area (Å²) in [6, 6.07) is 10.7. The van der Waals surface area contributed by atoms with Crippen molar-refractivity contribution in [3.63, 3.8) is 0 Å². The maximum Gasteiger partial charge on any atom is 0.410 e. The molecule has 0 aromatic heterocycles. The minimum atomic E-state index is -0.511. The van der Waals surface area contributed by atoms with Crippen molar-refractivity contribution in [3.8, 4) is 0 Å². The van der Waals surface area contributed by atoms with Crippen LogP contribution < -0.4 is 4.90 Å². The highest BCUT2D eigenvalue weighted by molar-refractivity contribution is 6.00. The SMILES string of the molecule is CC(C)(C)OC(=O)N1CCN(c2ccc([N+](=O)[O-])c3ccccc23)CC1.Cl. The Balaban J connectivity index is 0.00000261. The first-order valence-electron chi connectivity index (χ1n) is 8.65. The number of nitro benzene ring substituents is 1. The molecule has 0 radical (unpaired) electrons. The first kappa shape index (κ1) is 20.8. The summed E-state index contributed by atoms with van der Waals surface area (Å²) in [6.45, 7) is 7.97. The predicted molar refractivity (Wildman–Crippen MR) is 108 cm³/mol. The van der Waals surface area contributed by atoms with E-state index in [-0.39, 0.29) is 29.1 Å². The topological polar surface area (TPSA) is 75.9 Å². The summed E-state index contributed by atoms with van der Waals surface area (Å²) >= 11 is 0. The number of ether oxygens (including phenoxy) is 1. The zero-order valence-corrected chi connectivity index (χ0v) is 16.5. The fourth-order valence-electron chi connectivity index (χ4n) is 3.16. The average Bonchev–Trinajstić information content (AvgIpc) is 2.59. The number of carbonyl (C=O) groups is 1. The molecule has 0 N–H and O–H groups in total. The van der Waals surface area contributed by atoms with Crippen LogP contribution in [0.2, 0.25) is 0 Å². The first-order chi connectivity index (χ1) is 12.3. The van der Waals surface area contributed by atoms with Crippen LogP contribution in [0.25, 0.3) is 10.8 Å². The number of halogens is 1. The van der Waals surface area contributed by atoms with Gasteiger partial charge in [-0.25, -0.2) is 4.79 Å². The number of rotatable bonds is 2. The molecule has 1 aliphatic rings. The van der Waals surface area contributed by atoms with Crippen LogP contribution in [0.15, 0.2) is 36.4 Å². The molecule has 0 saturated carbocycles. The van der Waals surface area contributed by atoms with Crippen molar-refractivity contribution in [2.75, 3.05) is 31.1 Å². The fourth-order valence-corrected chi connectivity index (χ4v) is 3.16. The summed E-state index contributed by atoms with van der Waals surface area (Å²) in [7, 11) is 0. The molecule has 1 heterocycles. The van der Waals surface area contributed by atoms with Gasteiger partial charge in [-0.3, -0.25) is 10.1 Å². The second kappa shape index (κ2) is 8.00. The number of fused-ring (bicyclic) bond motifs is 1. The fraction of sp³-hybridized carbons (Fsp3) is 0.421. The number of amides is 1. The second-order valence-electron chi connectivity index (χ2n) is 7.36. The monoisotopic (exact) mass is 393 g/mol. The van der Waals surface area contributed by atoms with Crippen LogP contribution in [0.4, 0.5) is 16.2 Å². The van der Waals surface area contributed by atoms with E-state index in [0.29, 0.717) is 31.6 Å². The number of non-ortho nitro benzene ring substituents is 1. The van der Waals surface area contributed by atoms with Crippen molar-refractivity contribution in [2.45, 2.75) is 26.4 Å². The van der Waals surface area contributed by atoms with E-state index in [1.54, 1.807) is 29.2 Å². The number of benzene rings is 2. The van der Waals surface area contributed by atoms with Gasteiger partial charge in [0.05, 0.1) is 10.3 Å². The molecule has 27 heavy (non-hydrogen) atoms. The van der Waals surface area contributed by atoms with Crippen molar-refractivity contribution >= 4 is 40.6 Å². The number of piperazine rings is 1. The standard InChI is InChI=1S/C19H23N3O4.ClH/c1-19(2,3)26-18(23)21-12-10-20(11-13-21)16-8-9-17(22(24)25)15-7-5-4-6-14(15)16;/h4-9H,10-13H2,1-3H3;1H. The van der Waals surface area contributed by atoms with Crippen LogP contribution in [0.3, 0.4) is 0 Å². The number of nitro groups is 1. The maximum absolute atomic E-state index is 12.2. The maximum atomic E-state index is 12.2. The van der Waals surface area contributed by atoms with E-state index in [1.165, 1.54) is 0 Å². The highest BCUT2D eigenvalue weighted by atomic mass is 35.5. The predicted octanol–water partition coefficient (Wildman–Crippen LogP) is 4.23. The van der Waals surface area contributed by atoms with Gasteiger partial charge in [-0.1, -0.05) is 18.2 Å². The van der Waals surface area contributed by atoms with Crippen LogP contribution in [-0.4, -0.2) is 47.7 Å². The Hall–Kier alpha value is -2.54. The molecule has 1 amide bonds. The Morgan fingerprint density at radius 3 is 2.19 bits per heavy atom. The third kappa shape index (κ3) is 4.60. The van der Waals surface area contributed by atoms with Crippen molar-refractivity contribution in [3.05, 3.63) is 46.5 Å². The van der Waals surface area contributed by atoms with Crippen LogP contribution in [0.5, 0.6) is 0 Å². The number of carbonyl (C=O) groups excluding carboxylic acids is 1. The lowest BCUT2D eigenvalue weighted by molar-refractivity contribution is -0.383. The van der Waals surface area contributed by atoms with E-state index >= 15 is 0 Å². The molecule has 0 bridgehead atoms. The van der Waals surface area contributed by atoms with Crippen molar-refractivity contribution in [1.29, 1.82) is 0 Å². The van der Waals surface area contributed by atoms with Gasteiger partial charge in [0.1, 0.15) is 5.60 Å².